The number of hydrogen-bond acceptors (Lipinski definition) is 0. The van der Waals surface area contributed by atoms with Crippen LogP contribution >= 0.6 is 22.6 Å². The van der Waals surface area contributed by atoms with Crippen molar-refractivity contribution in [2.24, 2.45) is 0 Å². The zero-order chi connectivity index (χ0) is 12.6. The van der Waals surface area contributed by atoms with Gasteiger partial charge in [-0.1, -0.05) is 32.9 Å². The molecule has 1 aromatic rings. The van der Waals surface area contributed by atoms with Gasteiger partial charge < -0.3 is 0 Å². The van der Waals surface area contributed by atoms with Gasteiger partial charge in [0.05, 0.1) is 0 Å². The van der Waals surface area contributed by atoms with Crippen molar-refractivity contribution in [1.29, 1.82) is 0 Å². The molecular formula is C12H14F3I. The van der Waals surface area contributed by atoms with Crippen LogP contribution in [0.3, 0.4) is 0 Å². The second-order valence-electron chi connectivity index (χ2n) is 4.85. The molecule has 0 aliphatic rings. The van der Waals surface area contributed by atoms with Crippen LogP contribution in [0.1, 0.15) is 31.9 Å². The Hall–Kier alpha value is -0.260. The van der Waals surface area contributed by atoms with Crippen LogP contribution in [0.5, 0.6) is 0 Å². The molecule has 0 saturated heterocycles. The molecule has 0 nitrogen and oxygen atoms in total. The summed E-state index contributed by atoms with van der Waals surface area (Å²) in [4.78, 5) is 0. The lowest BCUT2D eigenvalue weighted by Gasteiger charge is -2.20. The lowest BCUT2D eigenvalue weighted by molar-refractivity contribution is 0.126. The van der Waals surface area contributed by atoms with E-state index in [4.69, 9.17) is 0 Å². The van der Waals surface area contributed by atoms with Crippen LogP contribution in [0.2, 0.25) is 0 Å². The van der Waals surface area contributed by atoms with E-state index >= 15 is 0 Å². The second kappa shape index (κ2) is 4.55. The third kappa shape index (κ3) is 3.96. The summed E-state index contributed by atoms with van der Waals surface area (Å²) in [6, 6.07) is 4.43. The van der Waals surface area contributed by atoms with Gasteiger partial charge in [0.15, 0.2) is 0 Å². The van der Waals surface area contributed by atoms with Crippen molar-refractivity contribution in [2.45, 2.75) is 36.5 Å². The summed E-state index contributed by atoms with van der Waals surface area (Å²) in [6.07, 6.45) is -0.566. The smallest absolute Gasteiger partial charge is 0.207 e. The molecule has 0 N–H and O–H groups in total. The number of alkyl halides is 3. The molecule has 90 valence electrons. The van der Waals surface area contributed by atoms with Crippen molar-refractivity contribution in [2.75, 3.05) is 0 Å². The summed E-state index contributed by atoms with van der Waals surface area (Å²) >= 11 is 1.03. The van der Waals surface area contributed by atoms with Gasteiger partial charge in [0.1, 0.15) is 5.82 Å². The first kappa shape index (κ1) is 13.8. The first-order chi connectivity index (χ1) is 7.09. The van der Waals surface area contributed by atoms with Crippen LogP contribution in [-0.2, 0) is 11.8 Å². The Morgan fingerprint density at radius 2 is 1.75 bits per heavy atom. The van der Waals surface area contributed by atoms with Crippen molar-refractivity contribution >= 4 is 22.6 Å². The molecule has 0 atom stereocenters. The molecule has 0 spiro atoms. The number of rotatable bonds is 2. The number of halogens is 4. The van der Waals surface area contributed by atoms with E-state index in [1.54, 1.807) is 6.07 Å². The lowest BCUT2D eigenvalue weighted by atomic mass is 9.86. The highest BCUT2D eigenvalue weighted by Crippen LogP contribution is 2.31. The Kier molecular flexibility index (Phi) is 3.92. The van der Waals surface area contributed by atoms with Crippen molar-refractivity contribution in [3.63, 3.8) is 0 Å². The Morgan fingerprint density at radius 1 is 1.19 bits per heavy atom. The van der Waals surface area contributed by atoms with E-state index in [1.165, 1.54) is 12.1 Å². The largest absolute Gasteiger partial charge is 0.300 e. The van der Waals surface area contributed by atoms with Gasteiger partial charge in [0.25, 0.3) is 0 Å². The standard InChI is InChI=1S/C12H14F3I/c1-11(2,3)9-4-5-10(13)8(6-9)7-12(14,15)16/h4-6H,7H2,1-3H3. The van der Waals surface area contributed by atoms with Gasteiger partial charge in [-0.05, 0) is 45.2 Å². The summed E-state index contributed by atoms with van der Waals surface area (Å²) < 4.78 is 36.1. The van der Waals surface area contributed by atoms with Gasteiger partial charge >= 0.3 is 3.93 Å². The van der Waals surface area contributed by atoms with Gasteiger partial charge in [0.2, 0.25) is 0 Å². The summed E-state index contributed by atoms with van der Waals surface area (Å²) in [5.74, 6) is -0.565. The predicted octanol–water partition coefficient (Wildman–Crippen LogP) is 4.69. The highest BCUT2D eigenvalue weighted by molar-refractivity contribution is 14.1. The Labute approximate surface area is 107 Å². The first-order valence-electron chi connectivity index (χ1n) is 4.95. The third-order valence-electron chi connectivity index (χ3n) is 2.30. The second-order valence-corrected chi connectivity index (χ2v) is 6.43. The topological polar surface area (TPSA) is 0 Å². The fourth-order valence-corrected chi connectivity index (χ4v) is 1.80. The minimum absolute atomic E-state index is 0.0758. The predicted molar refractivity (Wildman–Crippen MR) is 67.8 cm³/mol. The molecule has 0 fully saturated rings. The highest BCUT2D eigenvalue weighted by Gasteiger charge is 2.26. The van der Waals surface area contributed by atoms with Gasteiger partial charge in [-0.2, -0.15) is 8.78 Å². The summed E-state index contributed by atoms with van der Waals surface area (Å²) in [7, 11) is 0. The van der Waals surface area contributed by atoms with Gasteiger partial charge in [-0.3, -0.25) is 0 Å². The molecule has 0 radical (unpaired) electrons. The number of benzene rings is 1. The Bertz CT molecular complexity index is 375. The minimum atomic E-state index is -2.91. The van der Waals surface area contributed by atoms with Gasteiger partial charge in [-0.25, -0.2) is 4.39 Å². The highest BCUT2D eigenvalue weighted by atomic mass is 127. The maximum atomic E-state index is 13.4. The maximum Gasteiger partial charge on any atom is 0.300 e. The minimum Gasteiger partial charge on any atom is -0.207 e. The van der Waals surface area contributed by atoms with Crippen molar-refractivity contribution in [3.05, 3.63) is 35.1 Å². The van der Waals surface area contributed by atoms with Gasteiger partial charge in [0, 0.05) is 6.42 Å². The zero-order valence-electron chi connectivity index (χ0n) is 9.45. The molecular weight excluding hydrogens is 328 g/mol. The van der Waals surface area contributed by atoms with Crippen molar-refractivity contribution in [1.82, 2.24) is 0 Å². The molecule has 16 heavy (non-hydrogen) atoms. The first-order valence-corrected chi connectivity index (χ1v) is 6.03. The van der Waals surface area contributed by atoms with E-state index in [0.717, 1.165) is 28.2 Å². The van der Waals surface area contributed by atoms with Crippen LogP contribution in [0.15, 0.2) is 18.2 Å². The molecule has 4 heteroatoms. The Morgan fingerprint density at radius 3 is 2.19 bits per heavy atom. The fourth-order valence-electron chi connectivity index (χ4n) is 1.39. The van der Waals surface area contributed by atoms with E-state index in [1.807, 2.05) is 20.8 Å². The molecule has 0 unspecified atom stereocenters. The molecule has 0 amide bonds. The molecule has 0 saturated carbocycles. The van der Waals surface area contributed by atoms with E-state index in [0.29, 0.717) is 0 Å². The van der Waals surface area contributed by atoms with Crippen molar-refractivity contribution < 1.29 is 13.2 Å². The lowest BCUT2D eigenvalue weighted by Crippen LogP contribution is -2.15. The molecule has 1 aromatic carbocycles. The van der Waals surface area contributed by atoms with Crippen LogP contribution in [-0.4, -0.2) is 3.93 Å². The van der Waals surface area contributed by atoms with E-state index < -0.39 is 16.2 Å². The fraction of sp³-hybridized carbons (Fsp3) is 0.500. The molecule has 1 rings (SSSR count). The Balaban J connectivity index is 3.10. The van der Waals surface area contributed by atoms with Crippen LogP contribution in [0, 0.1) is 5.82 Å². The zero-order valence-corrected chi connectivity index (χ0v) is 11.6. The quantitative estimate of drug-likeness (QED) is 0.540. The SMILES string of the molecule is CC(C)(C)c1ccc(F)c(CC(F)(F)I)c1. The number of hydrogen-bond donors (Lipinski definition) is 0. The monoisotopic (exact) mass is 342 g/mol. The van der Waals surface area contributed by atoms with Crippen LogP contribution < -0.4 is 0 Å². The average molecular weight is 342 g/mol. The van der Waals surface area contributed by atoms with E-state index in [-0.39, 0.29) is 11.0 Å². The van der Waals surface area contributed by atoms with E-state index in [9.17, 15) is 13.2 Å². The summed E-state index contributed by atoms with van der Waals surface area (Å²) in [5.41, 5.74) is 0.777. The van der Waals surface area contributed by atoms with Gasteiger partial charge in [-0.15, -0.1) is 0 Å². The van der Waals surface area contributed by atoms with Crippen LogP contribution in [0.4, 0.5) is 13.2 Å². The van der Waals surface area contributed by atoms with Crippen molar-refractivity contribution in [3.8, 4) is 0 Å². The van der Waals surface area contributed by atoms with E-state index in [2.05, 4.69) is 0 Å². The summed E-state index contributed by atoms with van der Waals surface area (Å²) in [5, 5.41) is 0. The summed E-state index contributed by atoms with van der Waals surface area (Å²) in [6.45, 7) is 5.89. The van der Waals surface area contributed by atoms with Crippen LogP contribution in [0.25, 0.3) is 0 Å². The molecule has 0 bridgehead atoms. The molecule has 0 aliphatic heterocycles. The molecule has 0 heterocycles. The average Bonchev–Trinajstić information content (AvgIpc) is 2.04. The normalized spacial score (nSPS) is 12.9. The molecule has 0 aromatic heterocycles. The molecule has 0 aliphatic carbocycles. The third-order valence-corrected chi connectivity index (χ3v) is 2.68. The maximum absolute atomic E-state index is 13.4.